The SMILES string of the molecule is CC1=C(c2ccccc2C)C=CCC=C1.CC1=Cc2ccccc2C1. The summed E-state index contributed by atoms with van der Waals surface area (Å²) in [5.74, 6) is 0. The first-order valence-corrected chi connectivity index (χ1v) is 9.00. The Hall–Kier alpha value is -2.60. The van der Waals surface area contributed by atoms with Crippen LogP contribution < -0.4 is 0 Å². The average molecular weight is 326 g/mol. The van der Waals surface area contributed by atoms with Gasteiger partial charge in [0.2, 0.25) is 0 Å². The summed E-state index contributed by atoms with van der Waals surface area (Å²) in [6.07, 6.45) is 13.3. The lowest BCUT2D eigenvalue weighted by Gasteiger charge is -2.08. The fraction of sp³-hybridized carbons (Fsp3) is 0.200. The third-order valence-electron chi connectivity index (χ3n) is 4.71. The largest absolute Gasteiger partial charge is 0.0805 e. The van der Waals surface area contributed by atoms with E-state index in [1.54, 1.807) is 0 Å². The van der Waals surface area contributed by atoms with Crippen molar-refractivity contribution in [1.82, 2.24) is 0 Å². The maximum atomic E-state index is 2.26. The monoisotopic (exact) mass is 326 g/mol. The molecule has 0 aromatic heterocycles. The molecule has 0 spiro atoms. The molecule has 0 unspecified atom stereocenters. The Labute approximate surface area is 151 Å². The van der Waals surface area contributed by atoms with Gasteiger partial charge in [-0.05, 0) is 67.0 Å². The number of hydrogen-bond acceptors (Lipinski definition) is 0. The van der Waals surface area contributed by atoms with Gasteiger partial charge in [-0.25, -0.2) is 0 Å². The summed E-state index contributed by atoms with van der Waals surface area (Å²) in [5, 5.41) is 0. The van der Waals surface area contributed by atoms with Crippen molar-refractivity contribution in [3.63, 3.8) is 0 Å². The van der Waals surface area contributed by atoms with Crippen molar-refractivity contribution in [3.05, 3.63) is 106 Å². The molecule has 0 fully saturated rings. The first kappa shape index (κ1) is 17.2. The summed E-state index contributed by atoms with van der Waals surface area (Å²) >= 11 is 0. The Morgan fingerprint density at radius 2 is 1.48 bits per heavy atom. The van der Waals surface area contributed by atoms with E-state index in [0.29, 0.717) is 0 Å². The Kier molecular flexibility index (Phi) is 5.50. The number of aryl methyl sites for hydroxylation is 1. The molecule has 25 heavy (non-hydrogen) atoms. The first-order chi connectivity index (χ1) is 12.1. The molecule has 0 heterocycles. The number of rotatable bonds is 1. The molecule has 2 aromatic rings. The molecular formula is C25H26. The quantitative estimate of drug-likeness (QED) is 0.533. The molecule has 0 saturated heterocycles. The number of fused-ring (bicyclic) bond motifs is 1. The van der Waals surface area contributed by atoms with Gasteiger partial charge < -0.3 is 0 Å². The van der Waals surface area contributed by atoms with Crippen LogP contribution >= 0.6 is 0 Å². The van der Waals surface area contributed by atoms with Gasteiger partial charge in [0.1, 0.15) is 0 Å². The molecule has 0 heteroatoms. The van der Waals surface area contributed by atoms with Gasteiger partial charge in [-0.3, -0.25) is 0 Å². The van der Waals surface area contributed by atoms with Crippen molar-refractivity contribution in [2.75, 3.05) is 0 Å². The topological polar surface area (TPSA) is 0 Å². The number of benzene rings is 2. The van der Waals surface area contributed by atoms with Crippen LogP contribution in [0.15, 0.2) is 84.0 Å². The second kappa shape index (κ2) is 7.98. The van der Waals surface area contributed by atoms with E-state index in [1.807, 2.05) is 0 Å². The lowest BCUT2D eigenvalue weighted by molar-refractivity contribution is 1.20. The summed E-state index contributed by atoms with van der Waals surface area (Å²) in [5.41, 5.74) is 9.73. The summed E-state index contributed by atoms with van der Waals surface area (Å²) < 4.78 is 0. The van der Waals surface area contributed by atoms with E-state index in [1.165, 1.54) is 39.0 Å². The molecule has 0 saturated carbocycles. The van der Waals surface area contributed by atoms with E-state index in [-0.39, 0.29) is 0 Å². The lowest BCUT2D eigenvalue weighted by atomic mass is 9.97. The van der Waals surface area contributed by atoms with Crippen LogP contribution in [-0.4, -0.2) is 0 Å². The smallest absolute Gasteiger partial charge is 0.00606 e. The Bertz CT molecular complexity index is 872. The molecule has 0 atom stereocenters. The van der Waals surface area contributed by atoms with E-state index < -0.39 is 0 Å². The molecule has 4 rings (SSSR count). The number of hydrogen-bond donors (Lipinski definition) is 0. The van der Waals surface area contributed by atoms with Gasteiger partial charge >= 0.3 is 0 Å². The second-order valence-corrected chi connectivity index (χ2v) is 6.82. The maximum Gasteiger partial charge on any atom is -0.00606 e. The summed E-state index contributed by atoms with van der Waals surface area (Å²) in [4.78, 5) is 0. The van der Waals surface area contributed by atoms with Gasteiger partial charge in [-0.15, -0.1) is 0 Å². The lowest BCUT2D eigenvalue weighted by Crippen LogP contribution is -1.88. The molecule has 0 radical (unpaired) electrons. The molecule has 0 nitrogen and oxygen atoms in total. The zero-order valence-electron chi connectivity index (χ0n) is 15.4. The summed E-state index contributed by atoms with van der Waals surface area (Å²) in [7, 11) is 0. The minimum Gasteiger partial charge on any atom is -0.0805 e. The zero-order valence-corrected chi connectivity index (χ0v) is 15.4. The van der Waals surface area contributed by atoms with E-state index in [9.17, 15) is 0 Å². The highest BCUT2D eigenvalue weighted by atomic mass is 14.1. The van der Waals surface area contributed by atoms with Crippen molar-refractivity contribution in [1.29, 1.82) is 0 Å². The van der Waals surface area contributed by atoms with Crippen molar-refractivity contribution in [2.45, 2.75) is 33.6 Å². The molecule has 2 aliphatic rings. The normalized spacial score (nSPS) is 15.2. The first-order valence-electron chi connectivity index (χ1n) is 9.00. The highest BCUT2D eigenvalue weighted by Gasteiger charge is 2.06. The zero-order chi connectivity index (χ0) is 17.6. The average Bonchev–Trinajstić information content (AvgIpc) is 2.86. The van der Waals surface area contributed by atoms with Crippen LogP contribution in [0.5, 0.6) is 0 Å². The highest BCUT2D eigenvalue weighted by Crippen LogP contribution is 2.26. The number of allylic oxidation sites excluding steroid dienone is 7. The molecule has 0 bridgehead atoms. The van der Waals surface area contributed by atoms with Gasteiger partial charge in [-0.1, -0.05) is 84.5 Å². The minimum absolute atomic E-state index is 1.03. The minimum atomic E-state index is 1.03. The van der Waals surface area contributed by atoms with Crippen LogP contribution in [0, 0.1) is 6.92 Å². The van der Waals surface area contributed by atoms with E-state index in [4.69, 9.17) is 0 Å². The van der Waals surface area contributed by atoms with Crippen molar-refractivity contribution >= 4 is 11.6 Å². The second-order valence-electron chi connectivity index (χ2n) is 6.82. The third kappa shape index (κ3) is 4.28. The third-order valence-corrected chi connectivity index (χ3v) is 4.71. The van der Waals surface area contributed by atoms with Gasteiger partial charge in [0.15, 0.2) is 0 Å². The molecule has 2 aromatic carbocycles. The van der Waals surface area contributed by atoms with E-state index >= 15 is 0 Å². The van der Waals surface area contributed by atoms with Gasteiger partial charge in [0.25, 0.3) is 0 Å². The summed E-state index contributed by atoms with van der Waals surface area (Å²) in [6.45, 7) is 6.52. The summed E-state index contributed by atoms with van der Waals surface area (Å²) in [6, 6.07) is 17.1. The molecule has 0 aliphatic heterocycles. The predicted octanol–water partition coefficient (Wildman–Crippen LogP) is 6.93. The van der Waals surface area contributed by atoms with Gasteiger partial charge in [-0.2, -0.15) is 0 Å². The molecule has 0 amide bonds. The Balaban J connectivity index is 0.000000157. The van der Waals surface area contributed by atoms with Crippen LogP contribution in [-0.2, 0) is 6.42 Å². The van der Waals surface area contributed by atoms with E-state index in [0.717, 1.165) is 12.8 Å². The standard InChI is InChI=1S/C15H16.C10H10/c1-12-8-4-3-5-10-14(12)15-11-7-6-9-13(15)2;1-8-6-9-4-2-3-5-10(9)7-8/h4-11H,3H2,1-2H3;2-6H,7H2,1H3. The molecule has 126 valence electrons. The Morgan fingerprint density at radius 1 is 0.760 bits per heavy atom. The van der Waals surface area contributed by atoms with Crippen LogP contribution in [0.25, 0.3) is 11.6 Å². The fourth-order valence-electron chi connectivity index (χ4n) is 3.36. The van der Waals surface area contributed by atoms with Crippen LogP contribution in [0.4, 0.5) is 0 Å². The highest BCUT2D eigenvalue weighted by molar-refractivity contribution is 5.80. The Morgan fingerprint density at radius 3 is 2.28 bits per heavy atom. The van der Waals surface area contributed by atoms with Crippen molar-refractivity contribution in [2.24, 2.45) is 0 Å². The van der Waals surface area contributed by atoms with E-state index in [2.05, 4.69) is 99.7 Å². The predicted molar refractivity (Wildman–Crippen MR) is 110 cm³/mol. The fourth-order valence-corrected chi connectivity index (χ4v) is 3.36. The molecule has 0 N–H and O–H groups in total. The van der Waals surface area contributed by atoms with Gasteiger partial charge in [0, 0.05) is 0 Å². The van der Waals surface area contributed by atoms with Crippen LogP contribution in [0.2, 0.25) is 0 Å². The van der Waals surface area contributed by atoms with Gasteiger partial charge in [0.05, 0.1) is 0 Å². The van der Waals surface area contributed by atoms with Crippen molar-refractivity contribution < 1.29 is 0 Å². The molecule has 2 aliphatic carbocycles. The maximum absolute atomic E-state index is 2.26. The van der Waals surface area contributed by atoms with Crippen LogP contribution in [0.3, 0.4) is 0 Å². The molecular weight excluding hydrogens is 300 g/mol. The van der Waals surface area contributed by atoms with Crippen LogP contribution in [0.1, 0.15) is 42.5 Å². The van der Waals surface area contributed by atoms with Crippen molar-refractivity contribution in [3.8, 4) is 0 Å².